The van der Waals surface area contributed by atoms with Crippen LogP contribution >= 0.6 is 11.8 Å². The molecule has 0 bridgehead atoms. The number of nitrogens with one attached hydrogen (secondary N) is 1. The lowest BCUT2D eigenvalue weighted by Gasteiger charge is -2.51. The number of carbonyl (C=O) groups excluding carboxylic acids is 1. The number of hydrogen-bond donors (Lipinski definition) is 2. The van der Waals surface area contributed by atoms with E-state index in [4.69, 9.17) is 0 Å². The molecule has 1 saturated carbocycles. The maximum Gasteiger partial charge on any atom is 0.225 e. The lowest BCUT2D eigenvalue weighted by atomic mass is 9.53. The zero-order chi connectivity index (χ0) is 24.3. The molecule has 2 heterocycles. The maximum atomic E-state index is 12.6. The highest BCUT2D eigenvalue weighted by molar-refractivity contribution is 8.14. The Bertz CT molecular complexity index is 1190. The van der Waals surface area contributed by atoms with Crippen LogP contribution in [0.15, 0.2) is 29.4 Å². The van der Waals surface area contributed by atoms with Crippen molar-refractivity contribution >= 4 is 22.8 Å². The van der Waals surface area contributed by atoms with Crippen LogP contribution in [0.5, 0.6) is 5.75 Å². The van der Waals surface area contributed by atoms with E-state index in [2.05, 4.69) is 53.2 Å². The van der Waals surface area contributed by atoms with E-state index in [1.807, 2.05) is 12.1 Å². The first-order valence-corrected chi connectivity index (χ1v) is 14.1. The van der Waals surface area contributed by atoms with Gasteiger partial charge in [-0.1, -0.05) is 31.7 Å². The van der Waals surface area contributed by atoms with Gasteiger partial charge in [0.25, 0.3) is 0 Å². The first-order valence-electron chi connectivity index (χ1n) is 13.2. The van der Waals surface area contributed by atoms with Crippen molar-refractivity contribution in [3.8, 4) is 5.75 Å². The minimum absolute atomic E-state index is 0.0884. The van der Waals surface area contributed by atoms with E-state index in [1.165, 1.54) is 35.2 Å². The van der Waals surface area contributed by atoms with E-state index in [1.54, 1.807) is 11.8 Å². The lowest BCUT2D eigenvalue weighted by Crippen LogP contribution is -2.45. The first kappa shape index (κ1) is 23.1. The normalized spacial score (nSPS) is 32.9. The predicted octanol–water partition coefficient (Wildman–Crippen LogP) is 5.01. The largest absolute Gasteiger partial charge is 0.508 e. The molecule has 0 radical (unpaired) electrons. The molecule has 1 aliphatic heterocycles. The summed E-state index contributed by atoms with van der Waals surface area (Å²) in [6.07, 6.45) is 9.12. The molecule has 0 spiro atoms. The van der Waals surface area contributed by atoms with Crippen molar-refractivity contribution < 1.29 is 9.90 Å². The topological polar surface area (TPSA) is 79.5 Å². The molecule has 4 aliphatic rings. The summed E-state index contributed by atoms with van der Waals surface area (Å²) in [6, 6.07) is 6.03. The Hall–Kier alpha value is -2.28. The summed E-state index contributed by atoms with van der Waals surface area (Å²) in [5.74, 6) is 2.68. The van der Waals surface area contributed by atoms with Crippen molar-refractivity contribution in [2.45, 2.75) is 81.3 Å². The Labute approximate surface area is 212 Å². The molecule has 6 atom stereocenters. The molecule has 2 N–H and O–H groups in total. The number of thioether (sulfide) groups is 1. The van der Waals surface area contributed by atoms with Crippen molar-refractivity contribution in [3.05, 3.63) is 46.8 Å². The Balaban J connectivity index is 1.23. The van der Waals surface area contributed by atoms with E-state index in [-0.39, 0.29) is 11.3 Å². The Morgan fingerprint density at radius 2 is 2.17 bits per heavy atom. The van der Waals surface area contributed by atoms with E-state index >= 15 is 0 Å². The highest BCUT2D eigenvalue weighted by Crippen LogP contribution is 2.64. The van der Waals surface area contributed by atoms with Crippen molar-refractivity contribution in [2.75, 3.05) is 6.54 Å². The fourth-order valence-corrected chi connectivity index (χ4v) is 8.85. The molecule has 0 saturated heterocycles. The van der Waals surface area contributed by atoms with Gasteiger partial charge >= 0.3 is 0 Å². The number of rotatable bonds is 4. The molecule has 1 unspecified atom stereocenters. The van der Waals surface area contributed by atoms with Crippen LogP contribution in [-0.2, 0) is 23.7 Å². The van der Waals surface area contributed by atoms with E-state index in [0.717, 1.165) is 37.4 Å². The molecule has 2 aromatic rings. The number of benzene rings is 1. The number of carbonyl (C=O) groups is 1. The molecule has 186 valence electrons. The standard InChI is InChI=1S/C28H36N4O2S/c1-16-14-29-27(35-16)31-24(34)6-4-5-21-23-15-30-32(3)26(23)28(2)12-11-20-19-10-8-18(33)13-17(19)7-9-22(20)25(21)28/h8,10,13,15-16,20-22,25,33H,4-7,9,11-12,14H2,1-3H3,(H,29,31,34)/t16?,20-,21+,22-,25+,28+/m1/s1. The third-order valence-electron chi connectivity index (χ3n) is 9.27. The summed E-state index contributed by atoms with van der Waals surface area (Å²) in [4.78, 5) is 17.1. The number of fused-ring (bicyclic) bond motifs is 7. The summed E-state index contributed by atoms with van der Waals surface area (Å²) >= 11 is 1.66. The Morgan fingerprint density at radius 1 is 1.31 bits per heavy atom. The van der Waals surface area contributed by atoms with Gasteiger partial charge in [-0.3, -0.25) is 14.5 Å². The van der Waals surface area contributed by atoms with E-state index < -0.39 is 0 Å². The molecule has 7 heteroatoms. The van der Waals surface area contributed by atoms with Gasteiger partial charge in [0.15, 0.2) is 5.17 Å². The van der Waals surface area contributed by atoms with Crippen LogP contribution in [0.4, 0.5) is 0 Å². The van der Waals surface area contributed by atoms with Crippen LogP contribution in [0.2, 0.25) is 0 Å². The number of phenols is 1. The average molecular weight is 493 g/mol. The van der Waals surface area contributed by atoms with Crippen molar-refractivity contribution in [1.29, 1.82) is 0 Å². The number of amidine groups is 1. The van der Waals surface area contributed by atoms with Crippen LogP contribution in [-0.4, -0.2) is 37.8 Å². The second-order valence-electron chi connectivity index (χ2n) is 11.4. The number of nitrogens with zero attached hydrogens (tertiary/aromatic N) is 3. The smallest absolute Gasteiger partial charge is 0.225 e. The van der Waals surface area contributed by atoms with Gasteiger partial charge < -0.3 is 10.4 Å². The number of aliphatic imine (C=N–C) groups is 1. The Morgan fingerprint density at radius 3 is 2.97 bits per heavy atom. The molecule has 1 fully saturated rings. The molecule has 6 rings (SSSR count). The number of hydrogen-bond acceptors (Lipinski definition) is 5. The van der Waals surface area contributed by atoms with Gasteiger partial charge in [0.05, 0.1) is 12.7 Å². The van der Waals surface area contributed by atoms with Gasteiger partial charge in [-0.05, 0) is 91.0 Å². The molecule has 1 aromatic carbocycles. The summed E-state index contributed by atoms with van der Waals surface area (Å²) in [7, 11) is 2.10. The third-order valence-corrected chi connectivity index (χ3v) is 10.3. The fourth-order valence-electron chi connectivity index (χ4n) is 8.00. The minimum atomic E-state index is 0.0884. The minimum Gasteiger partial charge on any atom is -0.508 e. The third kappa shape index (κ3) is 3.81. The van der Waals surface area contributed by atoms with Gasteiger partial charge in [-0.25, -0.2) is 0 Å². The number of phenolic OH excluding ortho intramolecular Hbond substituents is 1. The molecule has 6 nitrogen and oxygen atoms in total. The molecular formula is C28H36N4O2S. The van der Waals surface area contributed by atoms with Gasteiger partial charge in [0, 0.05) is 29.8 Å². The van der Waals surface area contributed by atoms with Crippen molar-refractivity contribution in [3.63, 3.8) is 0 Å². The zero-order valence-electron chi connectivity index (χ0n) is 21.0. The van der Waals surface area contributed by atoms with Crippen LogP contribution < -0.4 is 5.32 Å². The predicted molar refractivity (Wildman–Crippen MR) is 140 cm³/mol. The second kappa shape index (κ2) is 8.68. The molecule has 1 aromatic heterocycles. The molecule has 1 amide bonds. The molecule has 35 heavy (non-hydrogen) atoms. The highest BCUT2D eigenvalue weighted by atomic mass is 32.2. The van der Waals surface area contributed by atoms with Crippen LogP contribution in [0.1, 0.15) is 86.6 Å². The summed E-state index contributed by atoms with van der Waals surface area (Å²) in [5.41, 5.74) is 5.77. The van der Waals surface area contributed by atoms with Crippen LogP contribution in [0.3, 0.4) is 0 Å². The zero-order valence-corrected chi connectivity index (χ0v) is 21.8. The maximum absolute atomic E-state index is 12.6. The van der Waals surface area contributed by atoms with Gasteiger partial charge in [0.2, 0.25) is 5.91 Å². The van der Waals surface area contributed by atoms with Crippen molar-refractivity contribution in [2.24, 2.45) is 23.9 Å². The summed E-state index contributed by atoms with van der Waals surface area (Å²) in [6.45, 7) is 5.40. The number of amides is 1. The SMILES string of the molecule is CC1CN=C(NC(=O)CCC[C@H]2c3cnn(C)c3[C@@]3(C)CC[C@@H]4c5ccc(O)cc5CC[C@H]4[C@H]23)S1. The van der Waals surface area contributed by atoms with Gasteiger partial charge in [-0.2, -0.15) is 5.10 Å². The highest BCUT2D eigenvalue weighted by Gasteiger charge is 2.58. The fraction of sp³-hybridized carbons (Fsp3) is 0.607. The van der Waals surface area contributed by atoms with Crippen molar-refractivity contribution in [1.82, 2.24) is 15.1 Å². The summed E-state index contributed by atoms with van der Waals surface area (Å²) in [5, 5.41) is 19.0. The quantitative estimate of drug-likeness (QED) is 0.629. The van der Waals surface area contributed by atoms with E-state index in [0.29, 0.717) is 41.1 Å². The second-order valence-corrected chi connectivity index (χ2v) is 12.8. The van der Waals surface area contributed by atoms with E-state index in [9.17, 15) is 9.90 Å². The van der Waals surface area contributed by atoms with Crippen LogP contribution in [0, 0.1) is 11.8 Å². The lowest BCUT2D eigenvalue weighted by molar-refractivity contribution is -0.119. The van der Waals surface area contributed by atoms with Crippen LogP contribution in [0.25, 0.3) is 0 Å². The molecular weight excluding hydrogens is 456 g/mol. The number of aromatic nitrogens is 2. The Kier molecular flexibility index (Phi) is 5.74. The summed E-state index contributed by atoms with van der Waals surface area (Å²) < 4.78 is 2.13. The monoisotopic (exact) mass is 492 g/mol. The molecule has 3 aliphatic carbocycles. The average Bonchev–Trinajstić information content (AvgIpc) is 3.48. The first-order chi connectivity index (χ1) is 16.8. The number of aryl methyl sites for hydroxylation is 2. The van der Waals surface area contributed by atoms with Gasteiger partial charge in [-0.15, -0.1) is 0 Å². The number of aromatic hydroxyl groups is 1. The van der Waals surface area contributed by atoms with Gasteiger partial charge in [0.1, 0.15) is 5.75 Å².